The Morgan fingerprint density at radius 1 is 1.42 bits per heavy atom. The summed E-state index contributed by atoms with van der Waals surface area (Å²) in [7, 11) is 0. The van der Waals surface area contributed by atoms with E-state index >= 15 is 0 Å². The van der Waals surface area contributed by atoms with Gasteiger partial charge in [-0.25, -0.2) is 4.79 Å². The molecule has 1 rings (SSSR count). The monoisotopic (exact) mass is 281 g/mol. The molecule has 1 heterocycles. The van der Waals surface area contributed by atoms with Crippen molar-refractivity contribution in [1.29, 1.82) is 0 Å². The topological polar surface area (TPSA) is 66.4 Å². The number of thiophene rings is 1. The second-order valence-electron chi connectivity index (χ2n) is 4.52. The molecule has 4 nitrogen and oxygen atoms in total. The van der Waals surface area contributed by atoms with E-state index in [9.17, 15) is 9.59 Å². The third-order valence-electron chi connectivity index (χ3n) is 3.10. The van der Waals surface area contributed by atoms with Gasteiger partial charge in [0.1, 0.15) is 0 Å². The summed E-state index contributed by atoms with van der Waals surface area (Å²) >= 11 is 1.28. The van der Waals surface area contributed by atoms with Crippen molar-refractivity contribution < 1.29 is 14.7 Å². The quantitative estimate of drug-likeness (QED) is 0.788. The third-order valence-corrected chi connectivity index (χ3v) is 4.15. The van der Waals surface area contributed by atoms with E-state index in [1.165, 1.54) is 17.4 Å². The van der Waals surface area contributed by atoms with Crippen LogP contribution in [0.2, 0.25) is 0 Å². The first-order chi connectivity index (χ1) is 8.93. The van der Waals surface area contributed by atoms with Gasteiger partial charge in [-0.15, -0.1) is 11.3 Å². The third kappa shape index (κ3) is 4.87. The molecule has 0 fully saturated rings. The molecular weight excluding hydrogens is 262 g/mol. The maximum atomic E-state index is 12.0. The van der Waals surface area contributed by atoms with Crippen LogP contribution in [0.25, 0.3) is 6.08 Å². The Labute approximate surface area is 117 Å². The van der Waals surface area contributed by atoms with Crippen molar-refractivity contribution in [3.8, 4) is 0 Å². The predicted octanol–water partition coefficient (Wildman–Crippen LogP) is 3.01. The maximum absolute atomic E-state index is 12.0. The highest BCUT2D eigenvalue weighted by Gasteiger charge is 2.15. The standard InChI is InChI=1S/C14H19NO3S/c1-4-9(2)10(3)15-14(18)12-7-5-11(19-12)6-8-13(16)17/h5-10H,4H2,1-3H3,(H,15,18)(H,16,17)/b8-6+. The Morgan fingerprint density at radius 2 is 2.11 bits per heavy atom. The first kappa shape index (κ1) is 15.4. The number of aliphatic carboxylic acids is 1. The van der Waals surface area contributed by atoms with Gasteiger partial charge in [0, 0.05) is 17.0 Å². The van der Waals surface area contributed by atoms with Crippen LogP contribution < -0.4 is 5.32 Å². The molecule has 104 valence electrons. The summed E-state index contributed by atoms with van der Waals surface area (Å²) in [4.78, 5) is 23.7. The van der Waals surface area contributed by atoms with E-state index in [0.717, 1.165) is 17.4 Å². The Hall–Kier alpha value is -1.62. The molecule has 0 bridgehead atoms. The van der Waals surface area contributed by atoms with Gasteiger partial charge in [0.25, 0.3) is 5.91 Å². The lowest BCUT2D eigenvalue weighted by Gasteiger charge is -2.19. The van der Waals surface area contributed by atoms with Gasteiger partial charge < -0.3 is 10.4 Å². The average molecular weight is 281 g/mol. The Morgan fingerprint density at radius 3 is 2.68 bits per heavy atom. The molecule has 0 aromatic carbocycles. The molecule has 0 aliphatic rings. The number of hydrogen-bond acceptors (Lipinski definition) is 3. The van der Waals surface area contributed by atoms with Gasteiger partial charge in [-0.1, -0.05) is 20.3 Å². The number of amides is 1. The maximum Gasteiger partial charge on any atom is 0.328 e. The molecule has 1 aromatic rings. The molecule has 0 spiro atoms. The van der Waals surface area contributed by atoms with E-state index in [0.29, 0.717) is 10.8 Å². The van der Waals surface area contributed by atoms with E-state index in [-0.39, 0.29) is 11.9 Å². The number of carbonyl (C=O) groups is 2. The predicted molar refractivity (Wildman–Crippen MR) is 77.4 cm³/mol. The largest absolute Gasteiger partial charge is 0.478 e. The second kappa shape index (κ2) is 7.09. The number of carboxylic acid groups (broad SMARTS) is 1. The average Bonchev–Trinajstić information content (AvgIpc) is 2.84. The van der Waals surface area contributed by atoms with Crippen LogP contribution in [0.1, 0.15) is 41.7 Å². The molecule has 1 amide bonds. The minimum Gasteiger partial charge on any atom is -0.478 e. The van der Waals surface area contributed by atoms with E-state index < -0.39 is 5.97 Å². The van der Waals surface area contributed by atoms with Gasteiger partial charge in [0.15, 0.2) is 0 Å². The molecular formula is C14H19NO3S. The molecule has 0 saturated carbocycles. The highest BCUT2D eigenvalue weighted by Crippen LogP contribution is 2.18. The summed E-state index contributed by atoms with van der Waals surface area (Å²) in [6.45, 7) is 6.18. The van der Waals surface area contributed by atoms with Crippen molar-refractivity contribution in [3.05, 3.63) is 28.0 Å². The lowest BCUT2D eigenvalue weighted by Crippen LogP contribution is -2.36. The fourth-order valence-corrected chi connectivity index (χ4v) is 2.31. The summed E-state index contributed by atoms with van der Waals surface area (Å²) in [5.41, 5.74) is 0. The van der Waals surface area contributed by atoms with E-state index in [1.807, 2.05) is 6.92 Å². The summed E-state index contributed by atoms with van der Waals surface area (Å²) in [5.74, 6) is -0.673. The molecule has 0 aliphatic heterocycles. The van der Waals surface area contributed by atoms with Crippen LogP contribution >= 0.6 is 11.3 Å². The zero-order valence-corrected chi connectivity index (χ0v) is 12.2. The highest BCUT2D eigenvalue weighted by atomic mass is 32.1. The molecule has 0 saturated heterocycles. The first-order valence-corrected chi connectivity index (χ1v) is 7.07. The van der Waals surface area contributed by atoms with Crippen molar-refractivity contribution in [3.63, 3.8) is 0 Å². The Kier molecular flexibility index (Phi) is 5.76. The number of rotatable bonds is 6. The summed E-state index contributed by atoms with van der Waals surface area (Å²) in [5, 5.41) is 11.5. The molecule has 19 heavy (non-hydrogen) atoms. The first-order valence-electron chi connectivity index (χ1n) is 6.25. The molecule has 0 aliphatic carbocycles. The van der Waals surface area contributed by atoms with Crippen molar-refractivity contribution >= 4 is 29.3 Å². The van der Waals surface area contributed by atoms with Crippen LogP contribution in [0.5, 0.6) is 0 Å². The SMILES string of the molecule is CCC(C)C(C)NC(=O)c1ccc(/C=C/C(=O)O)s1. The molecule has 1 aromatic heterocycles. The molecule has 0 radical (unpaired) electrons. The minimum atomic E-state index is -0.996. The summed E-state index contributed by atoms with van der Waals surface area (Å²) in [6, 6.07) is 3.58. The fourth-order valence-electron chi connectivity index (χ4n) is 1.49. The summed E-state index contributed by atoms with van der Waals surface area (Å²) < 4.78 is 0. The fraction of sp³-hybridized carbons (Fsp3) is 0.429. The lowest BCUT2D eigenvalue weighted by molar-refractivity contribution is -0.131. The zero-order valence-electron chi connectivity index (χ0n) is 11.3. The minimum absolute atomic E-state index is 0.104. The zero-order chi connectivity index (χ0) is 14.4. The van der Waals surface area contributed by atoms with Crippen LogP contribution in [0.3, 0.4) is 0 Å². The van der Waals surface area contributed by atoms with Crippen LogP contribution in [-0.2, 0) is 4.79 Å². The van der Waals surface area contributed by atoms with E-state index in [1.54, 1.807) is 12.1 Å². The van der Waals surface area contributed by atoms with Crippen LogP contribution in [0.15, 0.2) is 18.2 Å². The molecule has 5 heteroatoms. The molecule has 2 unspecified atom stereocenters. The molecule has 2 N–H and O–H groups in total. The van der Waals surface area contributed by atoms with E-state index in [4.69, 9.17) is 5.11 Å². The number of nitrogens with one attached hydrogen (secondary N) is 1. The van der Waals surface area contributed by atoms with Gasteiger partial charge in [0.2, 0.25) is 0 Å². The van der Waals surface area contributed by atoms with Crippen LogP contribution in [0, 0.1) is 5.92 Å². The number of carbonyl (C=O) groups excluding carboxylic acids is 1. The Bertz CT molecular complexity index is 479. The Balaban J connectivity index is 2.66. The van der Waals surface area contributed by atoms with Gasteiger partial charge in [-0.2, -0.15) is 0 Å². The highest BCUT2D eigenvalue weighted by molar-refractivity contribution is 7.14. The number of hydrogen-bond donors (Lipinski definition) is 2. The second-order valence-corrected chi connectivity index (χ2v) is 5.64. The van der Waals surface area contributed by atoms with E-state index in [2.05, 4.69) is 19.2 Å². The van der Waals surface area contributed by atoms with Gasteiger partial charge >= 0.3 is 5.97 Å². The lowest BCUT2D eigenvalue weighted by atomic mass is 10.0. The number of carboxylic acids is 1. The van der Waals surface area contributed by atoms with Crippen LogP contribution in [0.4, 0.5) is 0 Å². The molecule has 2 atom stereocenters. The van der Waals surface area contributed by atoms with Gasteiger partial charge in [0.05, 0.1) is 4.88 Å². The smallest absolute Gasteiger partial charge is 0.328 e. The normalized spacial score (nSPS) is 14.3. The van der Waals surface area contributed by atoms with Crippen molar-refractivity contribution in [2.75, 3.05) is 0 Å². The van der Waals surface area contributed by atoms with Crippen molar-refractivity contribution in [2.24, 2.45) is 5.92 Å². The van der Waals surface area contributed by atoms with Gasteiger partial charge in [-0.05, 0) is 31.1 Å². The van der Waals surface area contributed by atoms with Crippen LogP contribution in [-0.4, -0.2) is 23.0 Å². The van der Waals surface area contributed by atoms with Crippen molar-refractivity contribution in [1.82, 2.24) is 5.32 Å². The van der Waals surface area contributed by atoms with Gasteiger partial charge in [-0.3, -0.25) is 4.79 Å². The van der Waals surface area contributed by atoms with Crippen molar-refractivity contribution in [2.45, 2.75) is 33.2 Å². The summed E-state index contributed by atoms with van der Waals surface area (Å²) in [6.07, 6.45) is 3.57.